The fraction of sp³-hybridized carbons (Fsp3) is 0.372. The van der Waals surface area contributed by atoms with E-state index in [1.165, 1.54) is 7.11 Å². The second-order valence-corrected chi connectivity index (χ2v) is 14.8. The summed E-state index contributed by atoms with van der Waals surface area (Å²) >= 11 is 0. The topological polar surface area (TPSA) is 167 Å². The molecule has 0 aliphatic carbocycles. The van der Waals surface area contributed by atoms with Crippen LogP contribution in [-0.4, -0.2) is 47.3 Å². The van der Waals surface area contributed by atoms with Gasteiger partial charge in [0.25, 0.3) is 0 Å². The van der Waals surface area contributed by atoms with Gasteiger partial charge in [0.05, 0.1) is 7.11 Å². The van der Waals surface area contributed by atoms with E-state index in [4.69, 9.17) is 33.0 Å². The minimum atomic E-state index is -1.11. The predicted molar refractivity (Wildman–Crippen MR) is 205 cm³/mol. The molecular formula is C43H45N5O8. The molecule has 3 aliphatic rings. The zero-order valence-electron chi connectivity index (χ0n) is 31.8. The fourth-order valence-electron chi connectivity index (χ4n) is 7.95. The Hall–Kier alpha value is -6.11. The molecule has 2 aromatic heterocycles. The number of carbonyl (C=O) groups is 3. The first-order valence-electron chi connectivity index (χ1n) is 19.2. The van der Waals surface area contributed by atoms with Crippen LogP contribution in [0.4, 0.5) is 10.5 Å². The van der Waals surface area contributed by atoms with Crippen molar-refractivity contribution in [2.75, 3.05) is 12.4 Å². The SMILES string of the molecule is CCCCCCc1oc(-c2nc3oc2[C@@]24c5ccccc5NC2Oc2ccc(cc24)C[C@H](NC(=O)OCc2ccccc2)C(=O)N[C@H]3C(C)C)nc1C(=O)OC. The number of hydrogen-bond acceptors (Lipinski definition) is 11. The second kappa shape index (κ2) is 15.2. The van der Waals surface area contributed by atoms with Crippen molar-refractivity contribution in [2.45, 2.75) is 89.6 Å². The lowest BCUT2D eigenvalue weighted by atomic mass is 9.72. The van der Waals surface area contributed by atoms with Crippen molar-refractivity contribution < 1.29 is 37.4 Å². The van der Waals surface area contributed by atoms with Crippen LogP contribution in [0.25, 0.3) is 11.6 Å². The lowest BCUT2D eigenvalue weighted by molar-refractivity contribution is -0.124. The zero-order chi connectivity index (χ0) is 39.0. The van der Waals surface area contributed by atoms with Crippen molar-refractivity contribution in [3.63, 3.8) is 0 Å². The number of hydrogen-bond donors (Lipinski definition) is 3. The van der Waals surface area contributed by atoms with Crippen molar-refractivity contribution in [1.82, 2.24) is 20.6 Å². The maximum Gasteiger partial charge on any atom is 0.408 e. The summed E-state index contributed by atoms with van der Waals surface area (Å²) in [5, 5.41) is 9.49. The monoisotopic (exact) mass is 759 g/mol. The first kappa shape index (κ1) is 36.8. The number of nitrogens with one attached hydrogen (secondary N) is 3. The Balaban J connectivity index is 1.28. The van der Waals surface area contributed by atoms with Crippen molar-refractivity contribution in [2.24, 2.45) is 5.92 Å². The summed E-state index contributed by atoms with van der Waals surface area (Å²) in [7, 11) is 1.31. The predicted octanol–water partition coefficient (Wildman–Crippen LogP) is 7.38. The lowest BCUT2D eigenvalue weighted by Crippen LogP contribution is -2.49. The van der Waals surface area contributed by atoms with Crippen LogP contribution in [0.3, 0.4) is 0 Å². The molecule has 3 aromatic carbocycles. The molecule has 8 rings (SSSR count). The standard InChI is InChI=1S/C43H45N5O8/c1-5-6-7-11-18-32-34(40(50)52-4)47-39(54-32)35-36-43-27-16-12-13-17-29(27)44-41(43)55-31-20-19-26(21-28(31)43)22-30(37(49)46-33(24(2)3)38(48-35)56-36)45-42(51)53-23-25-14-9-8-10-15-25/h8-10,12-17,19-21,24,30,33,41,44H,5-7,11,18,22-23H2,1-4H3,(H,45,51)(H,46,49)/t30-,33-,41?,43-/m0/s1. The third kappa shape index (κ3) is 6.54. The Kier molecular flexibility index (Phi) is 10.0. The molecule has 1 spiro atoms. The highest BCUT2D eigenvalue weighted by Crippen LogP contribution is 2.59. The van der Waals surface area contributed by atoms with Gasteiger partial charge in [-0.2, -0.15) is 0 Å². The van der Waals surface area contributed by atoms with Crippen LogP contribution in [0, 0.1) is 5.92 Å². The van der Waals surface area contributed by atoms with Gasteiger partial charge in [-0.15, -0.1) is 0 Å². The Labute approximate surface area is 324 Å². The summed E-state index contributed by atoms with van der Waals surface area (Å²) in [6, 6.07) is 21.2. The third-order valence-electron chi connectivity index (χ3n) is 10.8. The van der Waals surface area contributed by atoms with Crippen molar-refractivity contribution in [3.05, 3.63) is 118 Å². The summed E-state index contributed by atoms with van der Waals surface area (Å²) in [5.41, 5.74) is 3.33. The van der Waals surface area contributed by atoms with Crippen molar-refractivity contribution in [1.29, 1.82) is 0 Å². The summed E-state index contributed by atoms with van der Waals surface area (Å²) in [6.45, 7) is 6.07. The van der Waals surface area contributed by atoms with Gasteiger partial charge in [-0.1, -0.05) is 101 Å². The summed E-state index contributed by atoms with van der Waals surface area (Å²) in [6.07, 6.45) is 3.12. The molecule has 0 saturated heterocycles. The number of benzene rings is 3. The minimum Gasteiger partial charge on any atom is -0.469 e. The molecule has 2 amide bonds. The summed E-state index contributed by atoms with van der Waals surface area (Å²) in [4.78, 5) is 50.4. The normalized spacial score (nSPS) is 20.4. The maximum atomic E-state index is 14.2. The molecule has 4 atom stereocenters. The van der Waals surface area contributed by atoms with Crippen LogP contribution in [-0.2, 0) is 39.1 Å². The molecule has 0 saturated carbocycles. The number of fused-ring (bicyclic) bond motifs is 4. The number of ether oxygens (including phenoxy) is 3. The quantitative estimate of drug-likeness (QED) is 0.0908. The Morgan fingerprint density at radius 1 is 0.964 bits per heavy atom. The number of para-hydroxylation sites is 1. The van der Waals surface area contributed by atoms with Crippen LogP contribution >= 0.6 is 0 Å². The molecule has 0 fully saturated rings. The number of amides is 2. The number of oxazole rings is 2. The number of alkyl carbamates (subject to hydrolysis) is 1. The van der Waals surface area contributed by atoms with Gasteiger partial charge in [0.2, 0.25) is 17.7 Å². The molecule has 3 N–H and O–H groups in total. The molecule has 0 radical (unpaired) electrons. The average Bonchev–Trinajstić information content (AvgIpc) is 3.97. The molecule has 1 unspecified atom stereocenters. The highest BCUT2D eigenvalue weighted by molar-refractivity contribution is 5.89. The van der Waals surface area contributed by atoms with Gasteiger partial charge in [0, 0.05) is 24.1 Å². The summed E-state index contributed by atoms with van der Waals surface area (Å²) in [5.74, 6) is 0.421. The maximum absolute atomic E-state index is 14.2. The number of aromatic nitrogens is 2. The smallest absolute Gasteiger partial charge is 0.408 e. The van der Waals surface area contributed by atoms with Crippen molar-refractivity contribution in [3.8, 4) is 17.3 Å². The molecule has 13 heteroatoms. The molecular weight excluding hydrogens is 714 g/mol. The number of nitrogens with zero attached hydrogens (tertiary/aromatic N) is 2. The average molecular weight is 760 g/mol. The van der Waals surface area contributed by atoms with Gasteiger partial charge in [0.1, 0.15) is 35.6 Å². The van der Waals surface area contributed by atoms with E-state index in [2.05, 4.69) is 22.9 Å². The fourth-order valence-corrected chi connectivity index (χ4v) is 7.95. The number of anilines is 1. The number of rotatable bonds is 11. The number of aryl methyl sites for hydroxylation is 1. The van der Waals surface area contributed by atoms with Gasteiger partial charge in [-0.05, 0) is 41.2 Å². The van der Waals surface area contributed by atoms with Crippen LogP contribution in [0.1, 0.15) is 103 Å². The van der Waals surface area contributed by atoms with E-state index < -0.39 is 41.7 Å². The lowest BCUT2D eigenvalue weighted by Gasteiger charge is -2.28. The Bertz CT molecular complexity index is 2260. The molecule has 3 aliphatic heterocycles. The van der Waals surface area contributed by atoms with Crippen LogP contribution < -0.4 is 20.7 Å². The first-order valence-corrected chi connectivity index (χ1v) is 19.2. The van der Waals surface area contributed by atoms with Gasteiger partial charge >= 0.3 is 12.1 Å². The van der Waals surface area contributed by atoms with E-state index in [1.807, 2.05) is 86.6 Å². The number of esters is 1. The number of methoxy groups -OCH3 is 1. The van der Waals surface area contributed by atoms with Gasteiger partial charge in [0.15, 0.2) is 23.4 Å². The molecule has 290 valence electrons. The van der Waals surface area contributed by atoms with Crippen molar-refractivity contribution >= 4 is 23.7 Å². The zero-order valence-corrected chi connectivity index (χ0v) is 31.8. The number of unbranched alkanes of at least 4 members (excludes halogenated alkanes) is 3. The van der Waals surface area contributed by atoms with Gasteiger partial charge < -0.3 is 39.0 Å². The van der Waals surface area contributed by atoms with Gasteiger partial charge in [-0.25, -0.2) is 19.6 Å². The largest absolute Gasteiger partial charge is 0.469 e. The van der Waals surface area contributed by atoms with E-state index in [-0.39, 0.29) is 42.1 Å². The van der Waals surface area contributed by atoms with E-state index in [0.29, 0.717) is 23.7 Å². The minimum absolute atomic E-state index is 0.0446. The molecule has 5 heterocycles. The third-order valence-corrected chi connectivity index (χ3v) is 10.8. The molecule has 56 heavy (non-hydrogen) atoms. The first-order chi connectivity index (χ1) is 27.2. The Morgan fingerprint density at radius 3 is 2.55 bits per heavy atom. The van der Waals surface area contributed by atoms with Gasteiger partial charge in [-0.3, -0.25) is 4.79 Å². The van der Waals surface area contributed by atoms with Crippen LogP contribution in [0.2, 0.25) is 0 Å². The van der Waals surface area contributed by atoms with E-state index in [1.54, 1.807) is 0 Å². The second-order valence-electron chi connectivity index (χ2n) is 14.8. The number of carbonyl (C=O) groups excluding carboxylic acids is 3. The molecule has 13 nitrogen and oxygen atoms in total. The van der Waals surface area contributed by atoms with E-state index in [9.17, 15) is 14.4 Å². The summed E-state index contributed by atoms with van der Waals surface area (Å²) < 4.78 is 30.8. The highest BCUT2D eigenvalue weighted by Gasteiger charge is 2.61. The van der Waals surface area contributed by atoms with E-state index >= 15 is 0 Å². The Morgan fingerprint density at radius 2 is 1.77 bits per heavy atom. The van der Waals surface area contributed by atoms with Crippen LogP contribution in [0.15, 0.2) is 81.6 Å². The highest BCUT2D eigenvalue weighted by atomic mass is 16.5. The molecule has 5 aromatic rings. The van der Waals surface area contributed by atoms with Crippen LogP contribution in [0.5, 0.6) is 5.75 Å². The van der Waals surface area contributed by atoms with E-state index in [0.717, 1.165) is 53.6 Å². The molecule has 4 bridgehead atoms.